The van der Waals surface area contributed by atoms with Crippen molar-refractivity contribution < 1.29 is 14.4 Å². The summed E-state index contributed by atoms with van der Waals surface area (Å²) in [5.74, 6) is -1.03. The number of amides is 4. The number of urea groups is 1. The average Bonchev–Trinajstić information content (AvgIpc) is 2.48. The van der Waals surface area contributed by atoms with E-state index in [0.29, 0.717) is 5.56 Å². The number of nitrogens with zero attached hydrogens (tertiary/aromatic N) is 2. The number of benzene rings is 1. The van der Waals surface area contributed by atoms with Crippen LogP contribution >= 0.6 is 0 Å². The Bertz CT molecular complexity index is 556. The van der Waals surface area contributed by atoms with E-state index in [4.69, 9.17) is 0 Å². The predicted octanol–water partition coefficient (Wildman–Crippen LogP) is 1.55. The lowest BCUT2D eigenvalue weighted by Crippen LogP contribution is -2.65. The first-order valence-corrected chi connectivity index (χ1v) is 6.23. The Kier molecular flexibility index (Phi) is 3.44. The second-order valence-electron chi connectivity index (χ2n) is 4.78. The van der Waals surface area contributed by atoms with Gasteiger partial charge < -0.3 is 0 Å². The van der Waals surface area contributed by atoms with Gasteiger partial charge in [-0.15, -0.1) is 6.58 Å². The van der Waals surface area contributed by atoms with Gasteiger partial charge in [-0.05, 0) is 12.0 Å². The van der Waals surface area contributed by atoms with Gasteiger partial charge in [-0.25, -0.2) is 4.79 Å². The van der Waals surface area contributed by atoms with E-state index in [0.717, 1.165) is 9.80 Å². The van der Waals surface area contributed by atoms with E-state index in [-0.39, 0.29) is 6.42 Å². The highest BCUT2D eigenvalue weighted by Crippen LogP contribution is 2.36. The fraction of sp³-hybridized carbons (Fsp3) is 0.267. The van der Waals surface area contributed by atoms with E-state index in [2.05, 4.69) is 6.58 Å². The standard InChI is InChI=1S/C15H16N2O3/c1-4-10-15(11-8-6-5-7-9-11)12(18)16(2)14(20)17(3)13(15)19/h4-9H,1,10H2,2-3H3. The molecule has 1 aliphatic rings. The van der Waals surface area contributed by atoms with Crippen LogP contribution < -0.4 is 0 Å². The van der Waals surface area contributed by atoms with E-state index in [1.165, 1.54) is 20.2 Å². The number of carbonyl (C=O) groups is 3. The van der Waals surface area contributed by atoms with Gasteiger partial charge in [0, 0.05) is 14.1 Å². The van der Waals surface area contributed by atoms with Gasteiger partial charge >= 0.3 is 6.03 Å². The van der Waals surface area contributed by atoms with Gasteiger partial charge in [0.15, 0.2) is 5.41 Å². The SMILES string of the molecule is C=CCC1(c2ccccc2)C(=O)N(C)C(=O)N(C)C1=O. The Morgan fingerprint density at radius 1 is 1.05 bits per heavy atom. The zero-order chi connectivity index (χ0) is 14.9. The Labute approximate surface area is 117 Å². The van der Waals surface area contributed by atoms with E-state index in [9.17, 15) is 14.4 Å². The number of imide groups is 2. The van der Waals surface area contributed by atoms with Crippen molar-refractivity contribution in [3.8, 4) is 0 Å². The van der Waals surface area contributed by atoms with E-state index in [1.807, 2.05) is 6.07 Å². The van der Waals surface area contributed by atoms with Crippen molar-refractivity contribution in [1.82, 2.24) is 9.80 Å². The maximum Gasteiger partial charge on any atom is 0.332 e. The number of allylic oxidation sites excluding steroid dienone is 1. The molecule has 0 radical (unpaired) electrons. The summed E-state index contributed by atoms with van der Waals surface area (Å²) in [6.45, 7) is 3.64. The van der Waals surface area contributed by atoms with Crippen LogP contribution in [0.4, 0.5) is 4.79 Å². The Morgan fingerprint density at radius 3 is 2.00 bits per heavy atom. The quantitative estimate of drug-likeness (QED) is 0.619. The van der Waals surface area contributed by atoms with Crippen molar-refractivity contribution in [3.63, 3.8) is 0 Å². The summed E-state index contributed by atoms with van der Waals surface area (Å²) >= 11 is 0. The van der Waals surface area contributed by atoms with Gasteiger partial charge in [0.25, 0.3) is 11.8 Å². The van der Waals surface area contributed by atoms with Crippen LogP contribution in [0, 0.1) is 0 Å². The molecule has 0 atom stereocenters. The maximum atomic E-state index is 12.6. The molecule has 1 heterocycles. The normalized spacial score (nSPS) is 18.4. The summed E-state index contributed by atoms with van der Waals surface area (Å²) in [6.07, 6.45) is 1.68. The molecule has 104 valence electrons. The third-order valence-corrected chi connectivity index (χ3v) is 3.63. The van der Waals surface area contributed by atoms with Crippen molar-refractivity contribution in [3.05, 3.63) is 48.6 Å². The molecule has 1 aromatic rings. The molecular weight excluding hydrogens is 256 g/mol. The lowest BCUT2D eigenvalue weighted by atomic mass is 9.74. The van der Waals surface area contributed by atoms with E-state index >= 15 is 0 Å². The maximum absolute atomic E-state index is 12.6. The first-order chi connectivity index (χ1) is 9.46. The van der Waals surface area contributed by atoms with Crippen molar-refractivity contribution >= 4 is 17.8 Å². The molecule has 0 bridgehead atoms. The van der Waals surface area contributed by atoms with Gasteiger partial charge in [0.2, 0.25) is 0 Å². The van der Waals surface area contributed by atoms with Crippen LogP contribution in [-0.4, -0.2) is 41.7 Å². The fourth-order valence-electron chi connectivity index (χ4n) is 2.54. The molecule has 0 aromatic heterocycles. The van der Waals surface area contributed by atoms with Crippen LogP contribution in [0.25, 0.3) is 0 Å². The first kappa shape index (κ1) is 14.0. The predicted molar refractivity (Wildman–Crippen MR) is 73.9 cm³/mol. The minimum atomic E-state index is -1.40. The summed E-state index contributed by atoms with van der Waals surface area (Å²) in [6, 6.07) is 8.15. The average molecular weight is 272 g/mol. The fourth-order valence-corrected chi connectivity index (χ4v) is 2.54. The molecule has 5 nitrogen and oxygen atoms in total. The molecule has 4 amide bonds. The molecule has 1 aromatic carbocycles. The second-order valence-corrected chi connectivity index (χ2v) is 4.78. The highest BCUT2D eigenvalue weighted by molar-refractivity contribution is 6.22. The van der Waals surface area contributed by atoms with Crippen molar-refractivity contribution in [2.45, 2.75) is 11.8 Å². The summed E-state index contributed by atoms with van der Waals surface area (Å²) in [4.78, 5) is 39.0. The molecule has 0 saturated carbocycles. The smallest absolute Gasteiger partial charge is 0.273 e. The zero-order valence-electron chi connectivity index (χ0n) is 11.5. The van der Waals surface area contributed by atoms with Crippen LogP contribution in [0.15, 0.2) is 43.0 Å². The highest BCUT2D eigenvalue weighted by atomic mass is 16.2. The topological polar surface area (TPSA) is 57.7 Å². The molecule has 2 rings (SSSR count). The van der Waals surface area contributed by atoms with E-state index in [1.54, 1.807) is 24.3 Å². The van der Waals surface area contributed by atoms with Crippen LogP contribution in [0.1, 0.15) is 12.0 Å². The molecule has 0 unspecified atom stereocenters. The second kappa shape index (κ2) is 4.92. The molecule has 0 spiro atoms. The summed E-state index contributed by atoms with van der Waals surface area (Å²) < 4.78 is 0. The third-order valence-electron chi connectivity index (χ3n) is 3.63. The molecule has 1 aliphatic heterocycles. The number of hydrogen-bond acceptors (Lipinski definition) is 3. The summed E-state index contributed by atoms with van der Waals surface area (Å²) in [5, 5.41) is 0. The largest absolute Gasteiger partial charge is 0.332 e. The minimum absolute atomic E-state index is 0.149. The van der Waals surface area contributed by atoms with Crippen molar-refractivity contribution in [2.75, 3.05) is 14.1 Å². The first-order valence-electron chi connectivity index (χ1n) is 6.23. The molecule has 0 N–H and O–H groups in total. The van der Waals surface area contributed by atoms with Crippen LogP contribution in [0.2, 0.25) is 0 Å². The molecular formula is C15H16N2O3. The van der Waals surface area contributed by atoms with E-state index < -0.39 is 23.3 Å². The molecule has 1 saturated heterocycles. The number of carbonyl (C=O) groups excluding carboxylic acids is 3. The zero-order valence-corrected chi connectivity index (χ0v) is 11.5. The number of rotatable bonds is 3. The lowest BCUT2D eigenvalue weighted by molar-refractivity contribution is -0.150. The van der Waals surface area contributed by atoms with Gasteiger partial charge in [-0.3, -0.25) is 19.4 Å². The monoisotopic (exact) mass is 272 g/mol. The highest BCUT2D eigenvalue weighted by Gasteiger charge is 2.55. The summed E-state index contributed by atoms with van der Waals surface area (Å²) in [5.41, 5.74) is -0.832. The Hall–Kier alpha value is -2.43. The van der Waals surface area contributed by atoms with Crippen LogP contribution in [0.3, 0.4) is 0 Å². The van der Waals surface area contributed by atoms with Crippen LogP contribution in [-0.2, 0) is 15.0 Å². The van der Waals surface area contributed by atoms with Crippen molar-refractivity contribution in [1.29, 1.82) is 0 Å². The van der Waals surface area contributed by atoms with Gasteiger partial charge in [0.05, 0.1) is 0 Å². The number of likely N-dealkylation sites (N-methyl/N-ethyl adjacent to an activating group) is 2. The minimum Gasteiger partial charge on any atom is -0.273 e. The molecule has 1 fully saturated rings. The third kappa shape index (κ3) is 1.74. The Balaban J connectivity index is 2.67. The van der Waals surface area contributed by atoms with Gasteiger partial charge in [-0.1, -0.05) is 36.4 Å². The van der Waals surface area contributed by atoms with Gasteiger partial charge in [0.1, 0.15) is 0 Å². The molecule has 0 aliphatic carbocycles. The van der Waals surface area contributed by atoms with Crippen molar-refractivity contribution in [2.24, 2.45) is 0 Å². The lowest BCUT2D eigenvalue weighted by Gasteiger charge is -2.41. The molecule has 20 heavy (non-hydrogen) atoms. The van der Waals surface area contributed by atoms with Gasteiger partial charge in [-0.2, -0.15) is 0 Å². The molecule has 5 heteroatoms. The summed E-state index contributed by atoms with van der Waals surface area (Å²) in [7, 11) is 2.77. The van der Waals surface area contributed by atoms with Crippen LogP contribution in [0.5, 0.6) is 0 Å². The number of hydrogen-bond donors (Lipinski definition) is 0. The Morgan fingerprint density at radius 2 is 1.55 bits per heavy atom. The number of barbiturate groups is 1.